The van der Waals surface area contributed by atoms with Gasteiger partial charge >= 0.3 is 5.97 Å². The van der Waals surface area contributed by atoms with E-state index in [4.69, 9.17) is 4.74 Å². The van der Waals surface area contributed by atoms with Gasteiger partial charge in [-0.2, -0.15) is 4.52 Å². The standard InChI is InChI=1S/C14H14N6O2/c1-3-22-13(21)10-6-4-5-7-11(10)16-12-8-9(2)15-14-17-18-19-20(12)14/h4-8,16H,3H2,1-2H3. The molecule has 3 aromatic rings. The predicted molar refractivity (Wildman–Crippen MR) is 79.0 cm³/mol. The van der Waals surface area contributed by atoms with E-state index in [9.17, 15) is 4.79 Å². The van der Waals surface area contributed by atoms with Crippen molar-refractivity contribution < 1.29 is 9.53 Å². The van der Waals surface area contributed by atoms with Gasteiger partial charge in [0.25, 0.3) is 5.78 Å². The second-order valence-corrected chi connectivity index (χ2v) is 4.56. The first-order valence-corrected chi connectivity index (χ1v) is 6.78. The Balaban J connectivity index is 2.02. The first-order chi connectivity index (χ1) is 10.7. The van der Waals surface area contributed by atoms with Gasteiger partial charge in [0, 0.05) is 11.8 Å². The third-order valence-corrected chi connectivity index (χ3v) is 2.99. The lowest BCUT2D eigenvalue weighted by Gasteiger charge is -2.12. The highest BCUT2D eigenvalue weighted by Crippen LogP contribution is 2.22. The molecule has 2 heterocycles. The summed E-state index contributed by atoms with van der Waals surface area (Å²) < 4.78 is 6.53. The summed E-state index contributed by atoms with van der Waals surface area (Å²) in [5, 5.41) is 14.5. The fraction of sp³-hybridized carbons (Fsp3) is 0.214. The van der Waals surface area contributed by atoms with Crippen LogP contribution in [0, 0.1) is 6.92 Å². The first-order valence-electron chi connectivity index (χ1n) is 6.78. The van der Waals surface area contributed by atoms with E-state index in [1.54, 1.807) is 31.2 Å². The number of carbonyl (C=O) groups excluding carboxylic acids is 1. The molecule has 0 spiro atoms. The Morgan fingerprint density at radius 1 is 1.36 bits per heavy atom. The highest BCUT2D eigenvalue weighted by molar-refractivity contribution is 5.96. The fourth-order valence-corrected chi connectivity index (χ4v) is 2.06. The van der Waals surface area contributed by atoms with Crippen LogP contribution in [-0.2, 0) is 4.74 Å². The van der Waals surface area contributed by atoms with Crippen LogP contribution in [-0.4, -0.2) is 37.6 Å². The number of tetrazole rings is 1. The number of hydrogen-bond acceptors (Lipinski definition) is 7. The summed E-state index contributed by atoms with van der Waals surface area (Å²) in [4.78, 5) is 16.2. The number of nitrogens with one attached hydrogen (secondary N) is 1. The summed E-state index contributed by atoms with van der Waals surface area (Å²) in [6.07, 6.45) is 0. The van der Waals surface area contributed by atoms with Gasteiger partial charge in [-0.15, -0.1) is 0 Å². The molecule has 8 heteroatoms. The first kappa shape index (κ1) is 13.9. The molecule has 0 saturated heterocycles. The monoisotopic (exact) mass is 298 g/mol. The van der Waals surface area contributed by atoms with Crippen molar-refractivity contribution in [2.75, 3.05) is 11.9 Å². The zero-order valence-corrected chi connectivity index (χ0v) is 12.1. The Morgan fingerprint density at radius 2 is 2.18 bits per heavy atom. The van der Waals surface area contributed by atoms with Gasteiger partial charge in [-0.1, -0.05) is 17.2 Å². The molecule has 3 rings (SSSR count). The summed E-state index contributed by atoms with van der Waals surface area (Å²) in [7, 11) is 0. The molecule has 0 amide bonds. The number of benzene rings is 1. The molecule has 0 bridgehead atoms. The minimum atomic E-state index is -0.385. The minimum Gasteiger partial charge on any atom is -0.462 e. The van der Waals surface area contributed by atoms with Crippen LogP contribution in [0.3, 0.4) is 0 Å². The Kier molecular flexibility index (Phi) is 3.65. The summed E-state index contributed by atoms with van der Waals surface area (Å²) in [5.41, 5.74) is 1.82. The number of nitrogens with zero attached hydrogens (tertiary/aromatic N) is 5. The SMILES string of the molecule is CCOC(=O)c1ccccc1Nc1cc(C)nc2nnnn12. The van der Waals surface area contributed by atoms with Crippen LogP contribution in [0.2, 0.25) is 0 Å². The highest BCUT2D eigenvalue weighted by atomic mass is 16.5. The molecule has 0 saturated carbocycles. The van der Waals surface area contributed by atoms with Crippen molar-refractivity contribution in [3.05, 3.63) is 41.6 Å². The average molecular weight is 298 g/mol. The summed E-state index contributed by atoms with van der Waals surface area (Å²) in [5.74, 6) is 0.615. The molecule has 8 nitrogen and oxygen atoms in total. The summed E-state index contributed by atoms with van der Waals surface area (Å²) in [6.45, 7) is 3.93. The van der Waals surface area contributed by atoms with Crippen molar-refractivity contribution >= 4 is 23.3 Å². The highest BCUT2D eigenvalue weighted by Gasteiger charge is 2.14. The van der Waals surface area contributed by atoms with Gasteiger partial charge in [0.1, 0.15) is 5.82 Å². The Labute approximate surface area is 126 Å². The molecule has 0 aliphatic rings. The lowest BCUT2D eigenvalue weighted by atomic mass is 10.2. The van der Waals surface area contributed by atoms with Crippen LogP contribution < -0.4 is 5.32 Å². The summed E-state index contributed by atoms with van der Waals surface area (Å²) in [6, 6.07) is 8.90. The number of carbonyl (C=O) groups is 1. The number of aryl methyl sites for hydroxylation is 1. The molecule has 1 aromatic carbocycles. The maximum Gasteiger partial charge on any atom is 0.340 e. The van der Waals surface area contributed by atoms with Crippen molar-refractivity contribution in [3.8, 4) is 0 Å². The Bertz CT molecular complexity index is 829. The van der Waals surface area contributed by atoms with Gasteiger partial charge in [0.15, 0.2) is 0 Å². The quantitative estimate of drug-likeness (QED) is 0.733. The molecular weight excluding hydrogens is 284 g/mol. The molecule has 112 valence electrons. The van der Waals surface area contributed by atoms with E-state index in [-0.39, 0.29) is 5.97 Å². The van der Waals surface area contributed by atoms with Crippen LogP contribution in [0.1, 0.15) is 23.0 Å². The van der Waals surface area contributed by atoms with Crippen molar-refractivity contribution in [1.29, 1.82) is 0 Å². The maximum atomic E-state index is 12.0. The van der Waals surface area contributed by atoms with Gasteiger partial charge in [0.05, 0.1) is 17.9 Å². The van der Waals surface area contributed by atoms with Crippen molar-refractivity contribution in [3.63, 3.8) is 0 Å². The van der Waals surface area contributed by atoms with E-state index in [1.165, 1.54) is 4.52 Å². The number of anilines is 2. The third kappa shape index (κ3) is 2.58. The van der Waals surface area contributed by atoms with Gasteiger partial charge < -0.3 is 10.1 Å². The van der Waals surface area contributed by atoms with Crippen LogP contribution >= 0.6 is 0 Å². The van der Waals surface area contributed by atoms with Crippen LogP contribution in [0.25, 0.3) is 5.78 Å². The smallest absolute Gasteiger partial charge is 0.340 e. The summed E-state index contributed by atoms with van der Waals surface area (Å²) >= 11 is 0. The minimum absolute atomic E-state index is 0.318. The van der Waals surface area contributed by atoms with Crippen molar-refractivity contribution in [2.24, 2.45) is 0 Å². The van der Waals surface area contributed by atoms with E-state index in [0.717, 1.165) is 5.69 Å². The molecule has 0 atom stereocenters. The lowest BCUT2D eigenvalue weighted by molar-refractivity contribution is 0.0527. The van der Waals surface area contributed by atoms with Crippen LogP contribution in [0.5, 0.6) is 0 Å². The fourth-order valence-electron chi connectivity index (χ4n) is 2.06. The van der Waals surface area contributed by atoms with Crippen LogP contribution in [0.4, 0.5) is 11.5 Å². The molecule has 1 N–H and O–H groups in total. The van der Waals surface area contributed by atoms with E-state index in [2.05, 4.69) is 25.8 Å². The number of para-hydroxylation sites is 1. The number of esters is 1. The van der Waals surface area contributed by atoms with Crippen molar-refractivity contribution in [2.45, 2.75) is 13.8 Å². The Morgan fingerprint density at radius 3 is 3.00 bits per heavy atom. The number of hydrogen-bond donors (Lipinski definition) is 1. The van der Waals surface area contributed by atoms with E-state index in [1.807, 2.05) is 13.0 Å². The predicted octanol–water partition coefficient (Wildman–Crippen LogP) is 1.75. The van der Waals surface area contributed by atoms with Gasteiger partial charge in [0.2, 0.25) is 0 Å². The molecule has 0 radical (unpaired) electrons. The molecular formula is C14H14N6O2. The zero-order chi connectivity index (χ0) is 15.5. The zero-order valence-electron chi connectivity index (χ0n) is 12.1. The maximum absolute atomic E-state index is 12.0. The molecule has 0 aliphatic carbocycles. The molecule has 0 fully saturated rings. The van der Waals surface area contributed by atoms with Gasteiger partial charge in [-0.05, 0) is 36.4 Å². The van der Waals surface area contributed by atoms with E-state index in [0.29, 0.717) is 29.5 Å². The molecule has 0 unspecified atom stereocenters. The number of rotatable bonds is 4. The van der Waals surface area contributed by atoms with Gasteiger partial charge in [-0.3, -0.25) is 0 Å². The lowest BCUT2D eigenvalue weighted by Crippen LogP contribution is -2.09. The van der Waals surface area contributed by atoms with Crippen molar-refractivity contribution in [1.82, 2.24) is 25.0 Å². The van der Waals surface area contributed by atoms with E-state index < -0.39 is 0 Å². The molecule has 22 heavy (non-hydrogen) atoms. The molecule has 2 aromatic heterocycles. The topological polar surface area (TPSA) is 94.3 Å². The Hall–Kier alpha value is -3.03. The van der Waals surface area contributed by atoms with Gasteiger partial charge in [-0.25, -0.2) is 9.78 Å². The van der Waals surface area contributed by atoms with E-state index >= 15 is 0 Å². The second-order valence-electron chi connectivity index (χ2n) is 4.56. The molecule has 0 aliphatic heterocycles. The third-order valence-electron chi connectivity index (χ3n) is 2.99. The average Bonchev–Trinajstić information content (AvgIpc) is 2.96. The second kappa shape index (κ2) is 5.76. The number of aromatic nitrogens is 5. The number of ether oxygens (including phenoxy) is 1. The van der Waals surface area contributed by atoms with Crippen LogP contribution in [0.15, 0.2) is 30.3 Å². The largest absolute Gasteiger partial charge is 0.462 e. The number of fused-ring (bicyclic) bond motifs is 1. The normalized spacial score (nSPS) is 10.6.